The third-order valence-electron chi connectivity index (χ3n) is 6.30. The zero-order chi connectivity index (χ0) is 22.2. The molecule has 0 amide bonds. The molecular weight excluding hydrogens is 384 g/mol. The van der Waals surface area contributed by atoms with Gasteiger partial charge in [-0.15, -0.1) is 0 Å². The number of nitrogens with zero attached hydrogens (tertiary/aromatic N) is 1. The van der Waals surface area contributed by atoms with Gasteiger partial charge in [0.2, 0.25) is 0 Å². The smallest absolute Gasteiger partial charge is 0.335 e. The summed E-state index contributed by atoms with van der Waals surface area (Å²) in [7, 11) is 0. The van der Waals surface area contributed by atoms with Gasteiger partial charge in [-0.05, 0) is 24.6 Å². The monoisotopic (exact) mass is 428 g/mol. The molecule has 31 heavy (non-hydrogen) atoms. The summed E-state index contributed by atoms with van der Waals surface area (Å²) in [6.07, 6.45) is 24.4. The second kappa shape index (κ2) is 15.9. The fourth-order valence-corrected chi connectivity index (χ4v) is 4.33. The average molecular weight is 429 g/mol. The number of carboxylic acids is 1. The zero-order valence-electron chi connectivity index (χ0n) is 19.8. The Morgan fingerprint density at radius 1 is 0.774 bits per heavy atom. The van der Waals surface area contributed by atoms with Crippen LogP contribution in [0.3, 0.4) is 0 Å². The van der Waals surface area contributed by atoms with Gasteiger partial charge in [0.1, 0.15) is 5.82 Å². The number of fused-ring (bicyclic) bond motifs is 1. The van der Waals surface area contributed by atoms with Gasteiger partial charge in [-0.2, -0.15) is 0 Å². The van der Waals surface area contributed by atoms with E-state index in [1.807, 2.05) is 0 Å². The van der Waals surface area contributed by atoms with E-state index < -0.39 is 5.97 Å². The first-order valence-electron chi connectivity index (χ1n) is 12.9. The second-order valence-electron chi connectivity index (χ2n) is 9.13. The molecule has 0 aliphatic carbocycles. The van der Waals surface area contributed by atoms with Gasteiger partial charge < -0.3 is 10.1 Å². The van der Waals surface area contributed by atoms with Crippen LogP contribution < -0.4 is 0 Å². The zero-order valence-corrected chi connectivity index (χ0v) is 19.8. The predicted molar refractivity (Wildman–Crippen MR) is 131 cm³/mol. The van der Waals surface area contributed by atoms with Crippen molar-refractivity contribution in [2.24, 2.45) is 0 Å². The molecule has 2 N–H and O–H groups in total. The fraction of sp³-hybridized carbons (Fsp3) is 0.704. The molecule has 0 radical (unpaired) electrons. The van der Waals surface area contributed by atoms with Crippen LogP contribution in [0.15, 0.2) is 18.2 Å². The lowest BCUT2D eigenvalue weighted by Crippen LogP contribution is -1.94. The van der Waals surface area contributed by atoms with Crippen LogP contribution in [-0.2, 0) is 6.42 Å². The Morgan fingerprint density at radius 3 is 1.74 bits per heavy atom. The number of carboxylic acid groups (broad SMARTS) is 1. The molecule has 1 aromatic heterocycles. The van der Waals surface area contributed by atoms with E-state index in [-0.39, 0.29) is 0 Å². The summed E-state index contributed by atoms with van der Waals surface area (Å²) >= 11 is 0. The van der Waals surface area contributed by atoms with Crippen molar-refractivity contribution in [3.8, 4) is 0 Å². The molecule has 0 aliphatic heterocycles. The molecule has 4 nitrogen and oxygen atoms in total. The molecular formula is C27H44N2O2. The Morgan fingerprint density at radius 2 is 1.26 bits per heavy atom. The lowest BCUT2D eigenvalue weighted by atomic mass is 10.0. The van der Waals surface area contributed by atoms with E-state index in [4.69, 9.17) is 5.11 Å². The van der Waals surface area contributed by atoms with E-state index in [0.717, 1.165) is 29.7 Å². The maximum absolute atomic E-state index is 11.1. The van der Waals surface area contributed by atoms with E-state index in [9.17, 15) is 4.79 Å². The Hall–Kier alpha value is -1.84. The molecule has 0 saturated carbocycles. The van der Waals surface area contributed by atoms with Crippen molar-refractivity contribution in [1.82, 2.24) is 9.97 Å². The molecule has 2 aromatic rings. The number of hydrogen-bond acceptors (Lipinski definition) is 2. The van der Waals surface area contributed by atoms with Gasteiger partial charge in [-0.25, -0.2) is 9.78 Å². The number of unbranched alkanes of at least 4 members (excludes halogenated alkanes) is 16. The van der Waals surface area contributed by atoms with E-state index in [1.165, 1.54) is 103 Å². The van der Waals surface area contributed by atoms with Crippen LogP contribution >= 0.6 is 0 Å². The molecule has 174 valence electrons. The van der Waals surface area contributed by atoms with Crippen LogP contribution in [0, 0.1) is 0 Å². The van der Waals surface area contributed by atoms with Gasteiger partial charge >= 0.3 is 5.97 Å². The van der Waals surface area contributed by atoms with Gasteiger partial charge in [-0.1, -0.05) is 110 Å². The summed E-state index contributed by atoms with van der Waals surface area (Å²) in [6, 6.07) is 5.07. The molecule has 0 saturated heterocycles. The third-order valence-corrected chi connectivity index (χ3v) is 6.30. The highest BCUT2D eigenvalue weighted by Crippen LogP contribution is 2.17. The molecule has 1 aromatic carbocycles. The van der Waals surface area contributed by atoms with E-state index in [1.54, 1.807) is 18.2 Å². The Kier molecular flexibility index (Phi) is 13.0. The minimum absolute atomic E-state index is 0.306. The molecule has 0 atom stereocenters. The highest BCUT2D eigenvalue weighted by molar-refractivity contribution is 5.92. The molecule has 0 aliphatic rings. The third kappa shape index (κ3) is 10.8. The Balaban J connectivity index is 1.38. The largest absolute Gasteiger partial charge is 0.478 e. The molecule has 4 heteroatoms. The van der Waals surface area contributed by atoms with Crippen LogP contribution in [0.1, 0.15) is 132 Å². The van der Waals surface area contributed by atoms with Gasteiger partial charge in [0.15, 0.2) is 0 Å². The SMILES string of the molecule is CCCCCCCCCCCCCCCCCCCc1nc2ccc(C(=O)O)cc2[nH]1. The molecule has 1 heterocycles. The number of carbonyl (C=O) groups is 1. The minimum Gasteiger partial charge on any atom is -0.478 e. The molecule has 0 fully saturated rings. The number of nitrogens with one attached hydrogen (secondary N) is 1. The highest BCUT2D eigenvalue weighted by Gasteiger charge is 2.07. The maximum Gasteiger partial charge on any atom is 0.335 e. The summed E-state index contributed by atoms with van der Waals surface area (Å²) in [5.74, 6) is 0.0738. The van der Waals surface area contributed by atoms with Gasteiger partial charge in [0, 0.05) is 6.42 Å². The van der Waals surface area contributed by atoms with E-state index >= 15 is 0 Å². The van der Waals surface area contributed by atoms with Crippen LogP contribution in [0.25, 0.3) is 11.0 Å². The average Bonchev–Trinajstić information content (AvgIpc) is 3.18. The summed E-state index contributed by atoms with van der Waals surface area (Å²) in [4.78, 5) is 18.9. The van der Waals surface area contributed by atoms with Crippen molar-refractivity contribution < 1.29 is 9.90 Å². The van der Waals surface area contributed by atoms with Crippen molar-refractivity contribution in [3.05, 3.63) is 29.6 Å². The van der Waals surface area contributed by atoms with Gasteiger partial charge in [-0.3, -0.25) is 0 Å². The lowest BCUT2D eigenvalue weighted by molar-refractivity contribution is 0.0697. The number of imidazole rings is 1. The number of H-pyrrole nitrogens is 1. The van der Waals surface area contributed by atoms with Crippen LogP contribution in [0.2, 0.25) is 0 Å². The lowest BCUT2D eigenvalue weighted by Gasteiger charge is -2.03. The first-order valence-corrected chi connectivity index (χ1v) is 12.9. The van der Waals surface area contributed by atoms with Crippen molar-refractivity contribution >= 4 is 17.0 Å². The second-order valence-corrected chi connectivity index (χ2v) is 9.13. The predicted octanol–water partition coefficient (Wildman–Crippen LogP) is 8.46. The van der Waals surface area contributed by atoms with Gasteiger partial charge in [0.25, 0.3) is 0 Å². The van der Waals surface area contributed by atoms with E-state index in [2.05, 4.69) is 16.9 Å². The number of aromatic amines is 1. The van der Waals surface area contributed by atoms with Crippen LogP contribution in [0.5, 0.6) is 0 Å². The minimum atomic E-state index is -0.897. The van der Waals surface area contributed by atoms with Crippen LogP contribution in [0.4, 0.5) is 0 Å². The number of aryl methyl sites for hydroxylation is 1. The molecule has 0 bridgehead atoms. The number of aromatic carboxylic acids is 1. The topological polar surface area (TPSA) is 66.0 Å². The van der Waals surface area contributed by atoms with Crippen molar-refractivity contribution in [3.63, 3.8) is 0 Å². The first-order chi connectivity index (χ1) is 15.2. The molecule has 0 spiro atoms. The number of rotatable bonds is 19. The summed E-state index contributed by atoms with van der Waals surface area (Å²) in [5, 5.41) is 9.08. The number of benzene rings is 1. The van der Waals surface area contributed by atoms with E-state index in [0.29, 0.717) is 5.56 Å². The Bertz CT molecular complexity index is 738. The molecule has 0 unspecified atom stereocenters. The van der Waals surface area contributed by atoms with Crippen molar-refractivity contribution in [2.75, 3.05) is 0 Å². The summed E-state index contributed by atoms with van der Waals surface area (Å²) in [5.41, 5.74) is 1.98. The first kappa shape index (κ1) is 25.4. The number of hydrogen-bond donors (Lipinski definition) is 2. The van der Waals surface area contributed by atoms with Crippen molar-refractivity contribution in [2.45, 2.75) is 122 Å². The maximum atomic E-state index is 11.1. The standard InChI is InChI=1S/C27H44N2O2/c1-2-3-4-5-6-7-8-9-10-11-12-13-14-15-16-17-18-19-26-28-24-21-20-23(27(30)31)22-25(24)29-26/h20-22H,2-19H2,1H3,(H,28,29)(H,30,31). The van der Waals surface area contributed by atoms with Crippen LogP contribution in [-0.4, -0.2) is 21.0 Å². The molecule has 2 rings (SSSR count). The Labute approximate surface area is 189 Å². The van der Waals surface area contributed by atoms with Crippen molar-refractivity contribution in [1.29, 1.82) is 0 Å². The normalized spacial score (nSPS) is 11.4. The number of aromatic nitrogens is 2. The summed E-state index contributed by atoms with van der Waals surface area (Å²) < 4.78 is 0. The summed E-state index contributed by atoms with van der Waals surface area (Å²) in [6.45, 7) is 2.28. The van der Waals surface area contributed by atoms with Gasteiger partial charge in [0.05, 0.1) is 16.6 Å². The fourth-order valence-electron chi connectivity index (χ4n) is 4.33. The quantitative estimate of drug-likeness (QED) is 0.220. The highest BCUT2D eigenvalue weighted by atomic mass is 16.4.